The number of allylic oxidation sites excluding steroid dienone is 4. The average Bonchev–Trinajstić information content (AvgIpc) is 1.13. The second kappa shape index (κ2) is 67.1. The van der Waals surface area contributed by atoms with Crippen molar-refractivity contribution in [2.75, 3.05) is 39.6 Å². The summed E-state index contributed by atoms with van der Waals surface area (Å²) in [4.78, 5) is 72.8. The van der Waals surface area contributed by atoms with Crippen LogP contribution in [0.4, 0.5) is 0 Å². The predicted octanol–water partition coefficient (Wildman–Crippen LogP) is 22.1. The molecule has 6 atom stereocenters. The number of unbranched alkanes of at least 4 members (excludes halogenated alkanes) is 37. The van der Waals surface area contributed by atoms with Gasteiger partial charge in [0.25, 0.3) is 0 Å². The van der Waals surface area contributed by atoms with E-state index in [0.717, 1.165) is 127 Å². The third kappa shape index (κ3) is 68.7. The molecule has 0 rings (SSSR count). The number of carbonyl (C=O) groups is 4. The third-order valence-corrected chi connectivity index (χ3v) is 19.5. The van der Waals surface area contributed by atoms with Crippen LogP contribution < -0.4 is 0 Å². The third-order valence-electron chi connectivity index (χ3n) is 17.6. The second-order valence-electron chi connectivity index (χ2n) is 28.3. The summed E-state index contributed by atoms with van der Waals surface area (Å²) in [6.45, 7) is 11.8. The summed E-state index contributed by atoms with van der Waals surface area (Å²) in [6.07, 6.45) is 56.3. The highest BCUT2D eigenvalue weighted by atomic mass is 31.2. The molecule has 0 spiro atoms. The zero-order valence-corrected chi connectivity index (χ0v) is 64.1. The molecule has 0 fully saturated rings. The van der Waals surface area contributed by atoms with Crippen molar-refractivity contribution in [1.82, 2.24) is 0 Å². The van der Waals surface area contributed by atoms with Gasteiger partial charge in [-0.15, -0.1) is 0 Å². The Hall–Kier alpha value is -2.46. The molecule has 96 heavy (non-hydrogen) atoms. The van der Waals surface area contributed by atoms with Gasteiger partial charge >= 0.3 is 39.5 Å². The summed E-state index contributed by atoms with van der Waals surface area (Å²) in [5.74, 6) is 0.150. The molecule has 0 aromatic carbocycles. The first-order valence-corrected chi connectivity index (χ1v) is 42.2. The standard InChI is InChI=1S/C77H146O17P2/c1-8-10-11-12-13-14-15-16-17-21-24-30-37-44-51-58-74(79)87-64-72(93-76(81)60-53-46-38-31-25-22-19-18-20-23-28-34-41-48-55-68(3)4)66-91-95(83,84)89-62-71(78)63-90-96(85,86)92-67-73(65-88-75(80)59-52-45-40-33-35-42-49-56-69(5)6)94-77(82)61-54-47-39-32-27-26-29-36-43-50-57-70(7)9-2/h14-17,68-73,78H,8-13,18-67H2,1-7H3,(H,83,84)(H,85,86)/b15-14-,17-16-/t70?,71?,72-,73-/m1/s1. The van der Waals surface area contributed by atoms with Crippen molar-refractivity contribution in [3.05, 3.63) is 24.3 Å². The Kier molecular flexibility index (Phi) is 65.3. The minimum atomic E-state index is -4.97. The van der Waals surface area contributed by atoms with Crippen LogP contribution in [0.1, 0.15) is 370 Å². The van der Waals surface area contributed by atoms with Crippen molar-refractivity contribution in [2.24, 2.45) is 17.8 Å². The predicted molar refractivity (Wildman–Crippen MR) is 390 cm³/mol. The maximum absolute atomic E-state index is 13.1. The van der Waals surface area contributed by atoms with Gasteiger partial charge in [-0.3, -0.25) is 37.3 Å². The number of esters is 4. The van der Waals surface area contributed by atoms with Gasteiger partial charge in [0.2, 0.25) is 0 Å². The van der Waals surface area contributed by atoms with Gasteiger partial charge < -0.3 is 33.8 Å². The van der Waals surface area contributed by atoms with E-state index >= 15 is 0 Å². The number of phosphoric ester groups is 2. The van der Waals surface area contributed by atoms with Gasteiger partial charge in [0, 0.05) is 25.7 Å². The van der Waals surface area contributed by atoms with Crippen molar-refractivity contribution in [3.8, 4) is 0 Å². The van der Waals surface area contributed by atoms with Crippen LogP contribution in [0.3, 0.4) is 0 Å². The fourth-order valence-electron chi connectivity index (χ4n) is 11.2. The van der Waals surface area contributed by atoms with Crippen molar-refractivity contribution < 1.29 is 80.2 Å². The Labute approximate surface area is 586 Å². The molecule has 0 heterocycles. The van der Waals surface area contributed by atoms with E-state index in [4.69, 9.17) is 37.0 Å². The highest BCUT2D eigenvalue weighted by Gasteiger charge is 2.30. The summed E-state index contributed by atoms with van der Waals surface area (Å²) >= 11 is 0. The molecule has 0 bridgehead atoms. The largest absolute Gasteiger partial charge is 0.472 e. The first-order valence-electron chi connectivity index (χ1n) is 39.2. The maximum Gasteiger partial charge on any atom is 0.472 e. The van der Waals surface area contributed by atoms with Crippen LogP contribution in [0.5, 0.6) is 0 Å². The van der Waals surface area contributed by atoms with Gasteiger partial charge in [-0.2, -0.15) is 0 Å². The molecule has 0 aliphatic rings. The van der Waals surface area contributed by atoms with Crippen molar-refractivity contribution in [2.45, 2.75) is 388 Å². The SMILES string of the molecule is CCCCCC/C=C\C=C/CCCCCCCC(=O)OC[C@H](COP(=O)(O)OCC(O)COP(=O)(O)OC[C@@H](COC(=O)CCCCCCCCCC(C)C)OC(=O)CCCCCCCCCCCCC(C)CC)OC(=O)CCCCCCCCCCCCCCCCC(C)C. The molecule has 19 heteroatoms. The smallest absolute Gasteiger partial charge is 0.462 e. The van der Waals surface area contributed by atoms with Crippen molar-refractivity contribution in [3.63, 3.8) is 0 Å². The van der Waals surface area contributed by atoms with E-state index in [0.29, 0.717) is 31.6 Å². The summed E-state index contributed by atoms with van der Waals surface area (Å²) in [5.41, 5.74) is 0. The highest BCUT2D eigenvalue weighted by Crippen LogP contribution is 2.45. The summed E-state index contributed by atoms with van der Waals surface area (Å²) in [7, 11) is -9.93. The Morgan fingerprint density at radius 3 is 0.927 bits per heavy atom. The number of ether oxygens (including phenoxy) is 4. The first-order chi connectivity index (χ1) is 46.3. The number of aliphatic hydroxyl groups excluding tert-OH is 1. The van der Waals surface area contributed by atoms with Gasteiger partial charge in [0.15, 0.2) is 12.2 Å². The lowest BCUT2D eigenvalue weighted by Gasteiger charge is -2.21. The van der Waals surface area contributed by atoms with Crippen LogP contribution in [0.15, 0.2) is 24.3 Å². The molecule has 3 N–H and O–H groups in total. The molecule has 0 saturated heterocycles. The zero-order valence-electron chi connectivity index (χ0n) is 62.3. The number of aliphatic hydroxyl groups is 1. The molecule has 0 aromatic heterocycles. The van der Waals surface area contributed by atoms with E-state index in [1.807, 2.05) is 0 Å². The molecule has 0 amide bonds. The highest BCUT2D eigenvalue weighted by molar-refractivity contribution is 7.47. The van der Waals surface area contributed by atoms with Gasteiger partial charge in [-0.05, 0) is 69.1 Å². The normalized spacial score (nSPS) is 14.5. The Bertz CT molecular complexity index is 1970. The summed E-state index contributed by atoms with van der Waals surface area (Å²) < 4.78 is 68.5. The van der Waals surface area contributed by atoms with Crippen LogP contribution in [0.25, 0.3) is 0 Å². The van der Waals surface area contributed by atoms with Crippen molar-refractivity contribution in [1.29, 1.82) is 0 Å². The number of phosphoric acid groups is 2. The molecule has 17 nitrogen and oxygen atoms in total. The number of hydrogen-bond donors (Lipinski definition) is 3. The Morgan fingerprint density at radius 1 is 0.344 bits per heavy atom. The lowest BCUT2D eigenvalue weighted by Crippen LogP contribution is -2.30. The van der Waals surface area contributed by atoms with Gasteiger partial charge in [-0.1, -0.05) is 317 Å². The van der Waals surface area contributed by atoms with Crippen LogP contribution >= 0.6 is 15.6 Å². The first kappa shape index (κ1) is 93.5. The van der Waals surface area contributed by atoms with Gasteiger partial charge in [0.05, 0.1) is 26.4 Å². The molecule has 0 aliphatic carbocycles. The van der Waals surface area contributed by atoms with Crippen LogP contribution in [-0.2, 0) is 65.4 Å². The quantitative estimate of drug-likeness (QED) is 0.0169. The minimum Gasteiger partial charge on any atom is -0.462 e. The van der Waals surface area contributed by atoms with Gasteiger partial charge in [0.1, 0.15) is 19.3 Å². The fourth-order valence-corrected chi connectivity index (χ4v) is 12.8. The van der Waals surface area contributed by atoms with Gasteiger partial charge in [-0.25, -0.2) is 9.13 Å². The van der Waals surface area contributed by atoms with E-state index < -0.39 is 97.5 Å². The topological polar surface area (TPSA) is 237 Å². The Morgan fingerprint density at radius 2 is 0.615 bits per heavy atom. The van der Waals surface area contributed by atoms with Crippen LogP contribution in [0, 0.1) is 17.8 Å². The van der Waals surface area contributed by atoms with E-state index in [1.165, 1.54) is 154 Å². The summed E-state index contributed by atoms with van der Waals surface area (Å²) in [5, 5.41) is 10.6. The molecular formula is C77H146O17P2. The molecule has 0 aromatic rings. The number of hydrogen-bond acceptors (Lipinski definition) is 15. The zero-order chi connectivity index (χ0) is 70.9. The molecule has 0 saturated carbocycles. The van der Waals surface area contributed by atoms with E-state index in [-0.39, 0.29) is 25.7 Å². The molecule has 4 unspecified atom stereocenters. The minimum absolute atomic E-state index is 0.100. The lowest BCUT2D eigenvalue weighted by atomic mass is 9.99. The molecule has 566 valence electrons. The average molecular weight is 1410 g/mol. The van der Waals surface area contributed by atoms with E-state index in [1.54, 1.807) is 0 Å². The molecule has 0 radical (unpaired) electrons. The molecule has 0 aliphatic heterocycles. The van der Waals surface area contributed by atoms with Crippen LogP contribution in [0.2, 0.25) is 0 Å². The maximum atomic E-state index is 13.1. The van der Waals surface area contributed by atoms with Crippen molar-refractivity contribution >= 4 is 39.5 Å². The Balaban J connectivity index is 5.29. The number of carbonyl (C=O) groups excluding carboxylic acids is 4. The van der Waals surface area contributed by atoms with Crippen LogP contribution in [-0.4, -0.2) is 96.7 Å². The summed E-state index contributed by atoms with van der Waals surface area (Å²) in [6, 6.07) is 0. The second-order valence-corrected chi connectivity index (χ2v) is 31.2. The molecular weight excluding hydrogens is 1260 g/mol. The lowest BCUT2D eigenvalue weighted by molar-refractivity contribution is -0.161. The number of rotatable bonds is 73. The van der Waals surface area contributed by atoms with E-state index in [2.05, 4.69) is 72.8 Å². The van der Waals surface area contributed by atoms with E-state index in [9.17, 15) is 43.2 Å². The fraction of sp³-hybridized carbons (Fsp3) is 0.896. The monoisotopic (exact) mass is 1410 g/mol.